The molecule has 0 bridgehead atoms. The number of aromatic amines is 1. The second kappa shape index (κ2) is 7.93. The van der Waals surface area contributed by atoms with Gasteiger partial charge in [-0.25, -0.2) is 9.78 Å². The van der Waals surface area contributed by atoms with E-state index in [1.165, 1.54) is 11.3 Å². The van der Waals surface area contributed by atoms with Gasteiger partial charge in [0.15, 0.2) is 18.0 Å². The highest BCUT2D eigenvalue weighted by atomic mass is 35.5. The zero-order valence-electron chi connectivity index (χ0n) is 16.3. The number of carbonyl (C=O) groups is 1. The van der Waals surface area contributed by atoms with Crippen LogP contribution in [-0.4, -0.2) is 22.0 Å². The van der Waals surface area contributed by atoms with E-state index in [0.29, 0.717) is 26.8 Å². The van der Waals surface area contributed by atoms with Crippen molar-refractivity contribution in [2.24, 2.45) is 0 Å². The molecular weight excluding hydrogens is 400 g/mol. The topological polar surface area (TPSA) is 81.3 Å². The van der Waals surface area contributed by atoms with Crippen LogP contribution in [-0.2, 0) is 9.53 Å². The summed E-state index contributed by atoms with van der Waals surface area (Å²) in [5.74, 6) is 0.309. The van der Waals surface area contributed by atoms with Gasteiger partial charge in [-0.1, -0.05) is 11.6 Å². The van der Waals surface area contributed by atoms with Crippen molar-refractivity contribution in [2.45, 2.75) is 46.8 Å². The number of hydrogen-bond donors (Lipinski definition) is 1. The summed E-state index contributed by atoms with van der Waals surface area (Å²) in [5.41, 5.74) is 1.51. The first-order valence-electron chi connectivity index (χ1n) is 8.80. The van der Waals surface area contributed by atoms with Crippen LogP contribution in [0.3, 0.4) is 0 Å². The predicted molar refractivity (Wildman–Crippen MR) is 111 cm³/mol. The third kappa shape index (κ3) is 4.05. The number of nitrogens with one attached hydrogen (secondary N) is 1. The van der Waals surface area contributed by atoms with Crippen molar-refractivity contribution in [1.82, 2.24) is 9.97 Å². The van der Waals surface area contributed by atoms with E-state index in [1.807, 2.05) is 20.8 Å². The molecule has 1 N–H and O–H groups in total. The normalized spacial score (nSPS) is 13.4. The summed E-state index contributed by atoms with van der Waals surface area (Å²) in [4.78, 5) is 33.7. The second-order valence-corrected chi connectivity index (χ2v) is 8.30. The van der Waals surface area contributed by atoms with E-state index in [2.05, 4.69) is 9.97 Å². The van der Waals surface area contributed by atoms with Crippen LogP contribution in [0.4, 0.5) is 0 Å². The van der Waals surface area contributed by atoms with Gasteiger partial charge in [-0.15, -0.1) is 11.3 Å². The minimum atomic E-state index is -0.830. The number of esters is 1. The van der Waals surface area contributed by atoms with Gasteiger partial charge in [0, 0.05) is 9.90 Å². The average Bonchev–Trinajstić information content (AvgIpc) is 2.91. The molecule has 0 aliphatic rings. The van der Waals surface area contributed by atoms with Crippen LogP contribution in [0.1, 0.15) is 41.8 Å². The fourth-order valence-corrected chi connectivity index (χ4v) is 4.04. The molecule has 0 aliphatic carbocycles. The first kappa shape index (κ1) is 20.4. The Kier molecular flexibility index (Phi) is 5.76. The van der Waals surface area contributed by atoms with Gasteiger partial charge in [0.25, 0.3) is 5.56 Å². The number of carbonyl (C=O) groups excluding carboxylic acids is 1. The van der Waals surface area contributed by atoms with Gasteiger partial charge in [0.05, 0.1) is 5.39 Å². The molecule has 6 nitrogen and oxygen atoms in total. The first-order chi connectivity index (χ1) is 13.2. The fraction of sp³-hybridized carbons (Fsp3) is 0.350. The quantitative estimate of drug-likeness (QED) is 0.608. The molecular formula is C20H21ClN2O4S. The average molecular weight is 421 g/mol. The van der Waals surface area contributed by atoms with Crippen molar-refractivity contribution in [3.8, 4) is 5.75 Å². The molecule has 2 unspecified atom stereocenters. The molecule has 3 aromatic rings. The summed E-state index contributed by atoms with van der Waals surface area (Å²) in [6.45, 7) is 8.95. The Morgan fingerprint density at radius 2 is 1.96 bits per heavy atom. The Morgan fingerprint density at radius 3 is 2.64 bits per heavy atom. The minimum Gasteiger partial charge on any atom is -0.479 e. The zero-order chi connectivity index (χ0) is 20.6. The van der Waals surface area contributed by atoms with Gasteiger partial charge in [-0.3, -0.25) is 4.79 Å². The number of fused-ring (bicyclic) bond motifs is 1. The predicted octanol–water partition coefficient (Wildman–Crippen LogP) is 4.63. The number of nitrogens with zero attached hydrogens (tertiary/aromatic N) is 1. The molecule has 0 amide bonds. The largest absolute Gasteiger partial charge is 0.479 e. The van der Waals surface area contributed by atoms with Gasteiger partial charge in [0.2, 0.25) is 0 Å². The van der Waals surface area contributed by atoms with Crippen LogP contribution in [0.5, 0.6) is 5.75 Å². The lowest BCUT2D eigenvalue weighted by atomic mass is 10.2. The molecule has 148 valence electrons. The molecule has 0 radical (unpaired) electrons. The van der Waals surface area contributed by atoms with Crippen molar-refractivity contribution >= 4 is 39.1 Å². The Labute approximate surface area is 171 Å². The Morgan fingerprint density at radius 1 is 1.25 bits per heavy atom. The van der Waals surface area contributed by atoms with Gasteiger partial charge >= 0.3 is 5.97 Å². The van der Waals surface area contributed by atoms with Gasteiger partial charge in [0.1, 0.15) is 10.6 Å². The smallest absolute Gasteiger partial charge is 0.347 e. The van der Waals surface area contributed by atoms with E-state index < -0.39 is 18.2 Å². The highest BCUT2D eigenvalue weighted by Gasteiger charge is 2.23. The molecule has 0 saturated heterocycles. The summed E-state index contributed by atoms with van der Waals surface area (Å²) >= 11 is 7.38. The monoisotopic (exact) mass is 420 g/mol. The number of halogens is 1. The maximum absolute atomic E-state index is 12.4. The third-order valence-electron chi connectivity index (χ3n) is 4.51. The van der Waals surface area contributed by atoms with Crippen molar-refractivity contribution in [3.05, 3.63) is 55.4 Å². The number of ether oxygens (including phenoxy) is 2. The minimum absolute atomic E-state index is 0.231. The number of aryl methyl sites for hydroxylation is 3. The maximum atomic E-state index is 12.4. The maximum Gasteiger partial charge on any atom is 0.347 e. The summed E-state index contributed by atoms with van der Waals surface area (Å²) in [6, 6.07) is 5.16. The standard InChI is InChI=1S/C20H21ClN2O4S/c1-9-8-14(21)6-7-15(9)26-12(4)20(25)27-11(3)17-22-18(24)16-10(2)13(5)28-19(16)23-17/h6-8,11-12H,1-5H3,(H,22,23,24). The highest BCUT2D eigenvalue weighted by Crippen LogP contribution is 2.27. The highest BCUT2D eigenvalue weighted by molar-refractivity contribution is 7.18. The second-order valence-electron chi connectivity index (χ2n) is 6.66. The molecule has 2 aromatic heterocycles. The van der Waals surface area contributed by atoms with Gasteiger partial charge in [-0.05, 0) is 63.9 Å². The molecule has 0 aliphatic heterocycles. The summed E-state index contributed by atoms with van der Waals surface area (Å²) in [6.07, 6.45) is -1.55. The van der Waals surface area contributed by atoms with Crippen molar-refractivity contribution in [2.75, 3.05) is 0 Å². The van der Waals surface area contributed by atoms with E-state index in [4.69, 9.17) is 21.1 Å². The summed E-state index contributed by atoms with van der Waals surface area (Å²) in [5, 5.41) is 1.18. The number of rotatable bonds is 5. The van der Waals surface area contributed by atoms with Crippen LogP contribution in [0.2, 0.25) is 5.02 Å². The van der Waals surface area contributed by atoms with Gasteiger partial charge in [-0.2, -0.15) is 0 Å². The fourth-order valence-electron chi connectivity index (χ4n) is 2.77. The van der Waals surface area contributed by atoms with E-state index in [1.54, 1.807) is 32.0 Å². The molecule has 8 heteroatoms. The van der Waals surface area contributed by atoms with E-state index in [9.17, 15) is 9.59 Å². The summed E-state index contributed by atoms with van der Waals surface area (Å²) < 4.78 is 11.1. The first-order valence-corrected chi connectivity index (χ1v) is 10.00. The Bertz CT molecular complexity index is 1110. The molecule has 1 aromatic carbocycles. The summed E-state index contributed by atoms with van der Waals surface area (Å²) in [7, 11) is 0. The van der Waals surface area contributed by atoms with Gasteiger partial charge < -0.3 is 14.5 Å². The Balaban J connectivity index is 1.74. The van der Waals surface area contributed by atoms with Crippen molar-refractivity contribution in [1.29, 1.82) is 0 Å². The number of H-pyrrole nitrogens is 1. The van der Waals surface area contributed by atoms with E-state index >= 15 is 0 Å². The van der Waals surface area contributed by atoms with Crippen LogP contribution in [0.15, 0.2) is 23.0 Å². The number of benzene rings is 1. The SMILES string of the molecule is Cc1cc(Cl)ccc1OC(C)C(=O)OC(C)c1nc2sc(C)c(C)c2c(=O)[nH]1. The zero-order valence-corrected chi connectivity index (χ0v) is 17.8. The lowest BCUT2D eigenvalue weighted by molar-refractivity contribution is -0.156. The van der Waals surface area contributed by atoms with Crippen LogP contribution >= 0.6 is 22.9 Å². The number of hydrogen-bond acceptors (Lipinski definition) is 6. The van der Waals surface area contributed by atoms with Crippen molar-refractivity contribution in [3.63, 3.8) is 0 Å². The van der Waals surface area contributed by atoms with Crippen LogP contribution in [0.25, 0.3) is 10.2 Å². The van der Waals surface area contributed by atoms with Crippen molar-refractivity contribution < 1.29 is 14.3 Å². The number of aromatic nitrogens is 2. The number of thiophene rings is 1. The lowest BCUT2D eigenvalue weighted by Gasteiger charge is -2.18. The molecule has 3 rings (SSSR count). The van der Waals surface area contributed by atoms with Crippen LogP contribution in [0, 0.1) is 20.8 Å². The lowest BCUT2D eigenvalue weighted by Crippen LogP contribution is -2.28. The molecule has 2 atom stereocenters. The molecule has 2 heterocycles. The van der Waals surface area contributed by atoms with Crippen LogP contribution < -0.4 is 10.3 Å². The van der Waals surface area contributed by atoms with E-state index in [0.717, 1.165) is 16.0 Å². The van der Waals surface area contributed by atoms with E-state index in [-0.39, 0.29) is 5.56 Å². The third-order valence-corrected chi connectivity index (χ3v) is 5.84. The molecule has 0 fully saturated rings. The molecule has 0 saturated carbocycles. The molecule has 28 heavy (non-hydrogen) atoms. The molecule has 0 spiro atoms. The Hall–Kier alpha value is -2.38.